The normalized spacial score (nSPS) is 12.4. The van der Waals surface area contributed by atoms with E-state index in [2.05, 4.69) is 15.3 Å². The zero-order valence-corrected chi connectivity index (χ0v) is 14.5. The fourth-order valence-corrected chi connectivity index (χ4v) is 3.22. The van der Waals surface area contributed by atoms with Gasteiger partial charge in [0, 0.05) is 24.4 Å². The van der Waals surface area contributed by atoms with Crippen LogP contribution in [0.4, 0.5) is 0 Å². The maximum atomic E-state index is 12.1. The molecule has 0 saturated heterocycles. The van der Waals surface area contributed by atoms with Gasteiger partial charge < -0.3 is 14.5 Å². The second kappa shape index (κ2) is 7.55. The summed E-state index contributed by atoms with van der Waals surface area (Å²) in [6.07, 6.45) is 4.09. The summed E-state index contributed by atoms with van der Waals surface area (Å²) < 4.78 is 7.45. The smallest absolute Gasteiger partial charge is 0.226 e. The van der Waals surface area contributed by atoms with Crippen molar-refractivity contribution in [3.8, 4) is 0 Å². The zero-order chi connectivity index (χ0) is 16.9. The van der Waals surface area contributed by atoms with Crippen molar-refractivity contribution in [1.29, 1.82) is 0 Å². The van der Waals surface area contributed by atoms with E-state index < -0.39 is 0 Å². The molecule has 3 aromatic heterocycles. The predicted molar refractivity (Wildman–Crippen MR) is 92.9 cm³/mol. The van der Waals surface area contributed by atoms with E-state index in [4.69, 9.17) is 4.74 Å². The first-order valence-corrected chi connectivity index (χ1v) is 8.79. The molecule has 0 saturated carbocycles. The highest BCUT2D eigenvalue weighted by Gasteiger charge is 2.13. The van der Waals surface area contributed by atoms with Gasteiger partial charge in [-0.25, -0.2) is 9.97 Å². The van der Waals surface area contributed by atoms with Gasteiger partial charge in [0.25, 0.3) is 0 Å². The van der Waals surface area contributed by atoms with E-state index in [1.807, 2.05) is 54.2 Å². The Kier molecular flexibility index (Phi) is 5.22. The van der Waals surface area contributed by atoms with Gasteiger partial charge in [0.05, 0.1) is 24.4 Å². The zero-order valence-electron chi connectivity index (χ0n) is 13.7. The van der Waals surface area contributed by atoms with Gasteiger partial charge >= 0.3 is 0 Å². The summed E-state index contributed by atoms with van der Waals surface area (Å²) in [5.41, 5.74) is 2.48. The van der Waals surface area contributed by atoms with Crippen LogP contribution >= 0.6 is 11.3 Å². The predicted octanol–water partition coefficient (Wildman–Crippen LogP) is 2.75. The molecule has 0 aromatic carbocycles. The molecule has 126 valence electrons. The Morgan fingerprint density at radius 1 is 1.38 bits per heavy atom. The van der Waals surface area contributed by atoms with Crippen LogP contribution in [0.3, 0.4) is 0 Å². The van der Waals surface area contributed by atoms with Crippen LogP contribution in [0.15, 0.2) is 36.0 Å². The topological polar surface area (TPSA) is 68.5 Å². The van der Waals surface area contributed by atoms with Gasteiger partial charge in [-0.1, -0.05) is 6.07 Å². The van der Waals surface area contributed by atoms with Crippen molar-refractivity contribution >= 4 is 22.9 Å². The minimum atomic E-state index is -0.0621. The Balaban J connectivity index is 1.54. The number of aromatic nitrogens is 3. The number of hydrogen-bond donors (Lipinski definition) is 1. The van der Waals surface area contributed by atoms with Gasteiger partial charge in [0.2, 0.25) is 5.91 Å². The summed E-state index contributed by atoms with van der Waals surface area (Å²) in [7, 11) is 0. The Bertz CT molecular complexity index is 794. The summed E-state index contributed by atoms with van der Waals surface area (Å²) in [5, 5.41) is 5.71. The monoisotopic (exact) mass is 344 g/mol. The van der Waals surface area contributed by atoms with Crippen molar-refractivity contribution < 1.29 is 9.53 Å². The number of ether oxygens (including phenoxy) is 1. The molecule has 1 atom stereocenters. The van der Waals surface area contributed by atoms with Crippen LogP contribution in [-0.2, 0) is 22.5 Å². The Morgan fingerprint density at radius 3 is 3.04 bits per heavy atom. The largest absolute Gasteiger partial charge is 0.372 e. The lowest BCUT2D eigenvalue weighted by Gasteiger charge is -2.07. The third kappa shape index (κ3) is 3.98. The number of nitrogens with one attached hydrogen (secondary N) is 1. The molecule has 0 aliphatic rings. The van der Waals surface area contributed by atoms with Gasteiger partial charge in [-0.05, 0) is 26.0 Å². The van der Waals surface area contributed by atoms with Crippen LogP contribution in [0.25, 0.3) is 5.65 Å². The lowest BCUT2D eigenvalue weighted by atomic mass is 10.3. The number of fused-ring (bicyclic) bond motifs is 1. The molecular weight excluding hydrogens is 324 g/mol. The molecule has 0 fully saturated rings. The average Bonchev–Trinajstić information content (AvgIpc) is 3.19. The molecule has 1 amide bonds. The van der Waals surface area contributed by atoms with Crippen LogP contribution in [0, 0.1) is 0 Å². The molecule has 6 nitrogen and oxygen atoms in total. The van der Waals surface area contributed by atoms with Crippen molar-refractivity contribution in [3.63, 3.8) is 0 Å². The third-order valence-corrected chi connectivity index (χ3v) is 4.61. The quantitative estimate of drug-likeness (QED) is 0.715. The van der Waals surface area contributed by atoms with E-state index in [9.17, 15) is 4.79 Å². The number of carbonyl (C=O) groups excluding carboxylic acids is 1. The second-order valence-corrected chi connectivity index (χ2v) is 6.32. The number of pyridine rings is 1. The molecule has 3 aromatic rings. The Hall–Kier alpha value is -2.25. The number of hydrogen-bond acceptors (Lipinski definition) is 5. The highest BCUT2D eigenvalue weighted by molar-refractivity contribution is 7.09. The average molecular weight is 344 g/mol. The molecule has 0 spiro atoms. The standard InChI is InChI=1S/C17H20N4O2S/c1-3-23-12(2)17-20-13(11-24-17)8-16(22)18-9-14-10-21-7-5-4-6-15(21)19-14/h4-7,10-12H,3,8-9H2,1-2H3,(H,18,22). The van der Waals surface area contributed by atoms with Crippen LogP contribution in [0.2, 0.25) is 0 Å². The number of nitrogens with zero attached hydrogens (tertiary/aromatic N) is 3. The number of thiazole rings is 1. The molecule has 0 radical (unpaired) electrons. The maximum Gasteiger partial charge on any atom is 0.226 e. The molecule has 3 heterocycles. The van der Waals surface area contributed by atoms with E-state index in [0.29, 0.717) is 13.2 Å². The van der Waals surface area contributed by atoms with Crippen LogP contribution in [0.1, 0.15) is 36.3 Å². The van der Waals surface area contributed by atoms with E-state index in [1.165, 1.54) is 11.3 Å². The van der Waals surface area contributed by atoms with E-state index in [1.54, 1.807) is 0 Å². The van der Waals surface area contributed by atoms with Gasteiger partial charge in [-0.15, -0.1) is 11.3 Å². The summed E-state index contributed by atoms with van der Waals surface area (Å²) in [6, 6.07) is 5.82. The summed E-state index contributed by atoms with van der Waals surface area (Å²) in [4.78, 5) is 21.0. The van der Waals surface area contributed by atoms with Gasteiger partial charge in [0.1, 0.15) is 16.8 Å². The first kappa shape index (κ1) is 16.6. The molecule has 1 unspecified atom stereocenters. The van der Waals surface area contributed by atoms with Crippen LogP contribution in [-0.4, -0.2) is 26.9 Å². The van der Waals surface area contributed by atoms with E-state index in [0.717, 1.165) is 22.0 Å². The van der Waals surface area contributed by atoms with Gasteiger partial charge in [-0.3, -0.25) is 4.79 Å². The number of amides is 1. The summed E-state index contributed by atoms with van der Waals surface area (Å²) in [5.74, 6) is -0.0621. The first-order valence-electron chi connectivity index (χ1n) is 7.91. The van der Waals surface area contributed by atoms with Crippen molar-refractivity contribution in [2.24, 2.45) is 0 Å². The van der Waals surface area contributed by atoms with Crippen molar-refractivity contribution in [3.05, 3.63) is 52.4 Å². The lowest BCUT2D eigenvalue weighted by molar-refractivity contribution is -0.120. The lowest BCUT2D eigenvalue weighted by Crippen LogP contribution is -2.24. The van der Waals surface area contributed by atoms with Crippen molar-refractivity contribution in [2.75, 3.05) is 6.61 Å². The number of rotatable bonds is 7. The number of imidazole rings is 1. The van der Waals surface area contributed by atoms with Crippen molar-refractivity contribution in [1.82, 2.24) is 19.7 Å². The highest BCUT2D eigenvalue weighted by atomic mass is 32.1. The fourth-order valence-electron chi connectivity index (χ4n) is 2.40. The fraction of sp³-hybridized carbons (Fsp3) is 0.353. The Labute approximate surface area is 144 Å². The summed E-state index contributed by atoms with van der Waals surface area (Å²) >= 11 is 1.53. The molecule has 1 N–H and O–H groups in total. The second-order valence-electron chi connectivity index (χ2n) is 5.43. The first-order chi connectivity index (χ1) is 11.7. The third-order valence-electron chi connectivity index (χ3n) is 3.56. The summed E-state index contributed by atoms with van der Waals surface area (Å²) in [6.45, 7) is 4.98. The molecular formula is C17H20N4O2S. The SMILES string of the molecule is CCOC(C)c1nc(CC(=O)NCc2cn3ccccc3n2)cs1. The molecule has 3 rings (SSSR count). The molecule has 7 heteroatoms. The maximum absolute atomic E-state index is 12.1. The Morgan fingerprint density at radius 2 is 2.25 bits per heavy atom. The van der Waals surface area contributed by atoms with Gasteiger partial charge in [-0.2, -0.15) is 0 Å². The van der Waals surface area contributed by atoms with Crippen LogP contribution in [0.5, 0.6) is 0 Å². The highest BCUT2D eigenvalue weighted by Crippen LogP contribution is 2.21. The minimum Gasteiger partial charge on any atom is -0.372 e. The van der Waals surface area contributed by atoms with E-state index in [-0.39, 0.29) is 18.4 Å². The number of carbonyl (C=O) groups is 1. The van der Waals surface area contributed by atoms with Crippen LogP contribution < -0.4 is 5.32 Å². The van der Waals surface area contributed by atoms with Gasteiger partial charge in [0.15, 0.2) is 0 Å². The molecule has 0 aliphatic carbocycles. The molecule has 0 bridgehead atoms. The minimum absolute atomic E-state index is 0.0326. The molecule has 0 aliphatic heterocycles. The van der Waals surface area contributed by atoms with Crippen molar-refractivity contribution in [2.45, 2.75) is 32.9 Å². The molecule has 24 heavy (non-hydrogen) atoms. The van der Waals surface area contributed by atoms with E-state index >= 15 is 0 Å².